The summed E-state index contributed by atoms with van der Waals surface area (Å²) in [5.41, 5.74) is -1.02. The Labute approximate surface area is 197 Å². The summed E-state index contributed by atoms with van der Waals surface area (Å²) < 4.78 is 41.2. The van der Waals surface area contributed by atoms with Crippen LogP contribution in [-0.2, 0) is 4.74 Å². The average molecular weight is 482 g/mol. The van der Waals surface area contributed by atoms with Crippen LogP contribution in [0.5, 0.6) is 11.5 Å². The third-order valence-electron chi connectivity index (χ3n) is 6.67. The molecule has 2 saturated heterocycles. The number of carboxylic acid groups (broad SMARTS) is 1. The fourth-order valence-electron chi connectivity index (χ4n) is 4.75. The van der Waals surface area contributed by atoms with E-state index >= 15 is 0 Å². The first-order valence-electron chi connectivity index (χ1n) is 11.0. The van der Waals surface area contributed by atoms with Gasteiger partial charge in [0.25, 0.3) is 5.56 Å². The number of amides is 1. The van der Waals surface area contributed by atoms with Crippen LogP contribution in [0.25, 0.3) is 10.9 Å². The van der Waals surface area contributed by atoms with Gasteiger partial charge in [-0.05, 0) is 49.6 Å². The Morgan fingerprint density at radius 3 is 2.69 bits per heavy atom. The van der Waals surface area contributed by atoms with Crippen LogP contribution in [0.1, 0.15) is 30.9 Å². The number of rotatable bonds is 3. The number of hydrogen-bond acceptors (Lipinski definition) is 6. The van der Waals surface area contributed by atoms with Gasteiger partial charge in [0.05, 0.1) is 35.5 Å². The maximum atomic E-state index is 14.2. The molecule has 1 aromatic heterocycles. The van der Waals surface area contributed by atoms with E-state index < -0.39 is 34.6 Å². The number of fused-ring (bicyclic) bond motifs is 1. The lowest BCUT2D eigenvalue weighted by Crippen LogP contribution is -2.46. The smallest absolute Gasteiger partial charge is 0.407 e. The lowest BCUT2D eigenvalue weighted by Gasteiger charge is -2.37. The molecule has 2 aromatic carbocycles. The van der Waals surface area contributed by atoms with Crippen molar-refractivity contribution in [2.24, 2.45) is 0 Å². The second kappa shape index (κ2) is 8.63. The van der Waals surface area contributed by atoms with E-state index in [1.807, 2.05) is 0 Å². The van der Waals surface area contributed by atoms with Crippen molar-refractivity contribution in [2.75, 3.05) is 19.7 Å². The molecule has 5 rings (SSSR count). The zero-order chi connectivity index (χ0) is 24.7. The van der Waals surface area contributed by atoms with Gasteiger partial charge in [-0.15, -0.1) is 0 Å². The second-order valence-electron chi connectivity index (χ2n) is 8.70. The summed E-state index contributed by atoms with van der Waals surface area (Å²) in [6.07, 6.45) is 2.13. The van der Waals surface area contributed by atoms with E-state index in [1.54, 1.807) is 6.07 Å². The first-order valence-corrected chi connectivity index (χ1v) is 11.0. The highest BCUT2D eigenvalue weighted by Gasteiger charge is 2.44. The zero-order valence-corrected chi connectivity index (χ0v) is 18.4. The molecule has 180 valence electrons. The van der Waals surface area contributed by atoms with Crippen molar-refractivity contribution < 1.29 is 28.2 Å². The van der Waals surface area contributed by atoms with Crippen molar-refractivity contribution in [1.29, 1.82) is 5.26 Å². The van der Waals surface area contributed by atoms with Gasteiger partial charge < -0.3 is 19.5 Å². The maximum absolute atomic E-state index is 14.2. The Morgan fingerprint density at radius 2 is 1.97 bits per heavy atom. The zero-order valence-electron chi connectivity index (χ0n) is 18.4. The lowest BCUT2D eigenvalue weighted by molar-refractivity contribution is -0.0396. The van der Waals surface area contributed by atoms with Gasteiger partial charge in [-0.1, -0.05) is 0 Å². The molecule has 2 aliphatic heterocycles. The predicted molar refractivity (Wildman–Crippen MR) is 118 cm³/mol. The van der Waals surface area contributed by atoms with E-state index in [1.165, 1.54) is 34.0 Å². The summed E-state index contributed by atoms with van der Waals surface area (Å²) in [7, 11) is 0. The molecular weight excluding hydrogens is 462 g/mol. The summed E-state index contributed by atoms with van der Waals surface area (Å²) in [6, 6.07) is 7.35. The Balaban J connectivity index is 1.42. The number of piperidine rings is 1. The molecule has 0 bridgehead atoms. The third kappa shape index (κ3) is 4.06. The summed E-state index contributed by atoms with van der Waals surface area (Å²) in [5, 5.41) is 18.6. The highest BCUT2D eigenvalue weighted by Crippen LogP contribution is 2.40. The Bertz CT molecular complexity index is 1430. The van der Waals surface area contributed by atoms with Crippen molar-refractivity contribution in [1.82, 2.24) is 14.5 Å². The number of nitriles is 1. The number of halogens is 2. The number of aromatic nitrogens is 2. The number of hydrogen-bond donors (Lipinski definition) is 1. The standard InChI is InChI=1S/C24H20F2N4O5/c25-18-2-3-19(26)21(17(18)11-27)35-15-1-4-20-16(9-15)22(31)30(13-28-20)14-10-24(34-12-14)5-7-29(8-6-24)23(32)33/h1-4,9,13-14H,5-8,10,12H2,(H,32,33)/t14-/m1/s1. The molecule has 2 fully saturated rings. The highest BCUT2D eigenvalue weighted by atomic mass is 19.1. The van der Waals surface area contributed by atoms with Crippen LogP contribution >= 0.6 is 0 Å². The van der Waals surface area contributed by atoms with Gasteiger partial charge in [0.1, 0.15) is 23.2 Å². The quantitative estimate of drug-likeness (QED) is 0.603. The molecule has 35 heavy (non-hydrogen) atoms. The first kappa shape index (κ1) is 22.7. The van der Waals surface area contributed by atoms with Gasteiger partial charge in [-0.3, -0.25) is 9.36 Å². The molecule has 3 heterocycles. The molecule has 3 aromatic rings. The normalized spacial score (nSPS) is 19.1. The van der Waals surface area contributed by atoms with Crippen LogP contribution in [0.2, 0.25) is 0 Å². The molecule has 1 amide bonds. The van der Waals surface area contributed by atoms with E-state index in [0.29, 0.717) is 37.9 Å². The van der Waals surface area contributed by atoms with E-state index in [-0.39, 0.29) is 29.3 Å². The molecule has 0 aliphatic carbocycles. The molecule has 0 unspecified atom stereocenters. The van der Waals surface area contributed by atoms with Crippen molar-refractivity contribution in [2.45, 2.75) is 30.9 Å². The molecule has 0 radical (unpaired) electrons. The third-order valence-corrected chi connectivity index (χ3v) is 6.67. The minimum absolute atomic E-state index is 0.0512. The van der Waals surface area contributed by atoms with E-state index in [2.05, 4.69) is 4.98 Å². The number of carbonyl (C=O) groups is 1. The summed E-state index contributed by atoms with van der Waals surface area (Å²) >= 11 is 0. The molecular formula is C24H20F2N4O5. The number of nitrogens with zero attached hydrogens (tertiary/aromatic N) is 4. The van der Waals surface area contributed by atoms with E-state index in [9.17, 15) is 28.7 Å². The molecule has 1 atom stereocenters. The molecule has 11 heteroatoms. The van der Waals surface area contributed by atoms with E-state index in [0.717, 1.165) is 12.1 Å². The van der Waals surface area contributed by atoms with Crippen molar-refractivity contribution in [3.63, 3.8) is 0 Å². The van der Waals surface area contributed by atoms with Gasteiger partial charge in [-0.25, -0.2) is 18.6 Å². The Morgan fingerprint density at radius 1 is 1.23 bits per heavy atom. The van der Waals surface area contributed by atoms with Crippen LogP contribution in [0, 0.1) is 23.0 Å². The molecule has 2 aliphatic rings. The lowest BCUT2D eigenvalue weighted by atomic mass is 9.87. The van der Waals surface area contributed by atoms with Gasteiger partial charge in [0.15, 0.2) is 11.6 Å². The predicted octanol–water partition coefficient (Wildman–Crippen LogP) is 3.81. The number of ether oxygens (including phenoxy) is 2. The monoisotopic (exact) mass is 482 g/mol. The number of likely N-dealkylation sites (tertiary alicyclic amines) is 1. The highest BCUT2D eigenvalue weighted by molar-refractivity contribution is 5.79. The Hall–Kier alpha value is -4.04. The molecule has 9 nitrogen and oxygen atoms in total. The number of benzene rings is 2. The van der Waals surface area contributed by atoms with Gasteiger partial charge in [-0.2, -0.15) is 5.26 Å². The van der Waals surface area contributed by atoms with E-state index in [4.69, 9.17) is 9.47 Å². The van der Waals surface area contributed by atoms with Crippen LogP contribution < -0.4 is 10.3 Å². The summed E-state index contributed by atoms with van der Waals surface area (Å²) in [4.78, 5) is 30.2. The largest absolute Gasteiger partial charge is 0.465 e. The second-order valence-corrected chi connectivity index (χ2v) is 8.70. The topological polar surface area (TPSA) is 118 Å². The van der Waals surface area contributed by atoms with Gasteiger partial charge in [0, 0.05) is 13.1 Å². The summed E-state index contributed by atoms with van der Waals surface area (Å²) in [5.74, 6) is -2.34. The first-order chi connectivity index (χ1) is 16.8. The Kier molecular flexibility index (Phi) is 5.61. The minimum Gasteiger partial charge on any atom is -0.465 e. The van der Waals surface area contributed by atoms with Crippen LogP contribution in [0.15, 0.2) is 41.5 Å². The average Bonchev–Trinajstić information content (AvgIpc) is 3.25. The van der Waals surface area contributed by atoms with Crippen LogP contribution in [-0.4, -0.2) is 50.9 Å². The van der Waals surface area contributed by atoms with Crippen LogP contribution in [0.3, 0.4) is 0 Å². The van der Waals surface area contributed by atoms with Crippen molar-refractivity contribution in [3.8, 4) is 17.6 Å². The molecule has 1 spiro atoms. The van der Waals surface area contributed by atoms with Gasteiger partial charge >= 0.3 is 6.09 Å². The minimum atomic E-state index is -0.956. The maximum Gasteiger partial charge on any atom is 0.407 e. The fourth-order valence-corrected chi connectivity index (χ4v) is 4.75. The van der Waals surface area contributed by atoms with Crippen molar-refractivity contribution in [3.05, 3.63) is 64.2 Å². The van der Waals surface area contributed by atoms with Crippen LogP contribution in [0.4, 0.5) is 13.6 Å². The van der Waals surface area contributed by atoms with Gasteiger partial charge in [0.2, 0.25) is 0 Å². The van der Waals surface area contributed by atoms with Crippen molar-refractivity contribution >= 4 is 17.0 Å². The fraction of sp³-hybridized carbons (Fsp3) is 0.333. The summed E-state index contributed by atoms with van der Waals surface area (Å²) in [6.45, 7) is 1.03. The molecule has 0 saturated carbocycles. The molecule has 1 N–H and O–H groups in total. The SMILES string of the molecule is N#Cc1c(F)ccc(F)c1Oc1ccc2ncn([C@H]3COC4(CCN(C(=O)O)CC4)C3)c(=O)c2c1.